The zero-order valence-corrected chi connectivity index (χ0v) is 12.5. The van der Waals surface area contributed by atoms with Gasteiger partial charge in [0.2, 0.25) is 0 Å². The van der Waals surface area contributed by atoms with Gasteiger partial charge in [-0.25, -0.2) is 0 Å². The maximum Gasteiger partial charge on any atom is -0.0351 e. The highest BCUT2D eigenvalue weighted by atomic mass is 14.1. The maximum atomic E-state index is 2.43. The lowest BCUT2D eigenvalue weighted by molar-refractivity contribution is 0.441. The molecular weight excluding hydrogens is 204 g/mol. The number of unbranched alkanes of at least 4 members (excludes halogenated alkanes) is 6. The number of hydrogen-bond donors (Lipinski definition) is 0. The highest BCUT2D eigenvalue weighted by Crippen LogP contribution is 2.17. The van der Waals surface area contributed by atoms with E-state index in [9.17, 15) is 0 Å². The van der Waals surface area contributed by atoms with Crippen LogP contribution in [-0.4, -0.2) is 0 Å². The second kappa shape index (κ2) is 13.8. The molecule has 0 rings (SSSR count). The number of allylic oxidation sites excluding steroid dienone is 2. The molecule has 0 spiro atoms. The standard InChI is InChI=1S/C17H34/c1-4-6-8-10-11-12-14-16-17(3)15-13-9-7-5-2/h8,10,17H,4-7,9,11-16H2,1-3H3. The van der Waals surface area contributed by atoms with Crippen molar-refractivity contribution in [1.29, 1.82) is 0 Å². The van der Waals surface area contributed by atoms with Crippen molar-refractivity contribution in [1.82, 2.24) is 0 Å². The predicted octanol–water partition coefficient (Wildman–Crippen LogP) is 6.51. The molecule has 0 heterocycles. The van der Waals surface area contributed by atoms with Crippen molar-refractivity contribution < 1.29 is 0 Å². The Balaban J connectivity index is 3.18. The van der Waals surface area contributed by atoms with Crippen molar-refractivity contribution in [3.63, 3.8) is 0 Å². The lowest BCUT2D eigenvalue weighted by atomic mass is 9.96. The molecule has 0 heteroatoms. The minimum atomic E-state index is 0.950. The molecule has 0 fully saturated rings. The smallest absolute Gasteiger partial charge is 0.0351 e. The van der Waals surface area contributed by atoms with E-state index in [1.165, 1.54) is 70.6 Å². The van der Waals surface area contributed by atoms with Crippen molar-refractivity contribution >= 4 is 0 Å². The van der Waals surface area contributed by atoms with Gasteiger partial charge in [0.15, 0.2) is 0 Å². The van der Waals surface area contributed by atoms with Crippen molar-refractivity contribution in [3.8, 4) is 0 Å². The Bertz CT molecular complexity index is 157. The lowest BCUT2D eigenvalue weighted by Crippen LogP contribution is -1.94. The second-order valence-corrected chi connectivity index (χ2v) is 5.50. The third-order valence-corrected chi connectivity index (χ3v) is 3.49. The van der Waals surface area contributed by atoms with Crippen LogP contribution in [0.2, 0.25) is 0 Å². The summed E-state index contributed by atoms with van der Waals surface area (Å²) in [5.41, 5.74) is 0. The average Bonchev–Trinajstić information content (AvgIpc) is 2.33. The molecule has 0 aromatic heterocycles. The minimum Gasteiger partial charge on any atom is -0.0885 e. The molecule has 17 heavy (non-hydrogen) atoms. The van der Waals surface area contributed by atoms with Crippen molar-refractivity contribution in [2.75, 3.05) is 0 Å². The van der Waals surface area contributed by atoms with Crippen LogP contribution in [-0.2, 0) is 0 Å². The van der Waals surface area contributed by atoms with Gasteiger partial charge >= 0.3 is 0 Å². The molecule has 0 saturated carbocycles. The van der Waals surface area contributed by atoms with Crippen LogP contribution in [0, 0.1) is 5.92 Å². The van der Waals surface area contributed by atoms with E-state index in [0.717, 1.165) is 5.92 Å². The molecule has 1 atom stereocenters. The fourth-order valence-electron chi connectivity index (χ4n) is 2.22. The van der Waals surface area contributed by atoms with Crippen LogP contribution in [0.4, 0.5) is 0 Å². The Labute approximate surface area is 110 Å². The summed E-state index contributed by atoms with van der Waals surface area (Å²) in [5, 5.41) is 0. The summed E-state index contributed by atoms with van der Waals surface area (Å²) in [6.07, 6.45) is 19.9. The van der Waals surface area contributed by atoms with Gasteiger partial charge in [0, 0.05) is 0 Å². The van der Waals surface area contributed by atoms with Crippen LogP contribution < -0.4 is 0 Å². The van der Waals surface area contributed by atoms with Gasteiger partial charge in [-0.15, -0.1) is 0 Å². The zero-order valence-electron chi connectivity index (χ0n) is 12.5. The molecule has 1 unspecified atom stereocenters. The molecule has 102 valence electrons. The summed E-state index contributed by atoms with van der Waals surface area (Å²) in [5.74, 6) is 0.950. The summed E-state index contributed by atoms with van der Waals surface area (Å²) in [7, 11) is 0. The summed E-state index contributed by atoms with van der Waals surface area (Å²) in [6, 6.07) is 0. The highest BCUT2D eigenvalue weighted by molar-refractivity contribution is 4.80. The first-order chi connectivity index (χ1) is 8.31. The first kappa shape index (κ1) is 16.7. The van der Waals surface area contributed by atoms with Crippen LogP contribution in [0.5, 0.6) is 0 Å². The van der Waals surface area contributed by atoms with E-state index in [2.05, 4.69) is 32.9 Å². The summed E-state index contributed by atoms with van der Waals surface area (Å²) in [4.78, 5) is 0. The van der Waals surface area contributed by atoms with Gasteiger partial charge in [-0.2, -0.15) is 0 Å². The summed E-state index contributed by atoms with van der Waals surface area (Å²) < 4.78 is 0. The van der Waals surface area contributed by atoms with E-state index in [0.29, 0.717) is 0 Å². The maximum absolute atomic E-state index is 2.43. The molecule has 0 aromatic carbocycles. The van der Waals surface area contributed by atoms with Crippen LogP contribution >= 0.6 is 0 Å². The van der Waals surface area contributed by atoms with Gasteiger partial charge in [-0.1, -0.05) is 84.3 Å². The van der Waals surface area contributed by atoms with Gasteiger partial charge in [0.1, 0.15) is 0 Å². The highest BCUT2D eigenvalue weighted by Gasteiger charge is 2.01. The summed E-state index contributed by atoms with van der Waals surface area (Å²) in [6.45, 7) is 6.96. The normalized spacial score (nSPS) is 13.4. The Morgan fingerprint density at radius 1 is 0.706 bits per heavy atom. The van der Waals surface area contributed by atoms with Crippen LogP contribution in [0.15, 0.2) is 12.2 Å². The van der Waals surface area contributed by atoms with Crippen molar-refractivity contribution in [3.05, 3.63) is 12.2 Å². The monoisotopic (exact) mass is 238 g/mol. The Morgan fingerprint density at radius 3 is 2.00 bits per heavy atom. The van der Waals surface area contributed by atoms with Gasteiger partial charge in [0.25, 0.3) is 0 Å². The number of rotatable bonds is 12. The van der Waals surface area contributed by atoms with Crippen LogP contribution in [0.1, 0.15) is 91.4 Å². The van der Waals surface area contributed by atoms with E-state index in [-0.39, 0.29) is 0 Å². The molecule has 0 N–H and O–H groups in total. The van der Waals surface area contributed by atoms with E-state index in [4.69, 9.17) is 0 Å². The van der Waals surface area contributed by atoms with Gasteiger partial charge in [0.05, 0.1) is 0 Å². The molecule has 0 saturated heterocycles. The van der Waals surface area contributed by atoms with Crippen LogP contribution in [0.25, 0.3) is 0 Å². The quantitative estimate of drug-likeness (QED) is 0.268. The van der Waals surface area contributed by atoms with Gasteiger partial charge < -0.3 is 0 Å². The fraction of sp³-hybridized carbons (Fsp3) is 0.882. The first-order valence-electron chi connectivity index (χ1n) is 7.96. The molecular formula is C17H34. The van der Waals surface area contributed by atoms with Crippen molar-refractivity contribution in [2.24, 2.45) is 5.92 Å². The van der Waals surface area contributed by atoms with Crippen LogP contribution in [0.3, 0.4) is 0 Å². The largest absolute Gasteiger partial charge is 0.0885 e. The SMILES string of the molecule is CCCC=CCCCCC(C)CCCCCC. The van der Waals surface area contributed by atoms with E-state index in [1.54, 1.807) is 0 Å². The van der Waals surface area contributed by atoms with Gasteiger partial charge in [-0.05, 0) is 25.2 Å². The molecule has 0 aliphatic heterocycles. The topological polar surface area (TPSA) is 0 Å². The van der Waals surface area contributed by atoms with E-state index >= 15 is 0 Å². The molecule has 0 radical (unpaired) electrons. The molecule has 0 aliphatic carbocycles. The Morgan fingerprint density at radius 2 is 1.35 bits per heavy atom. The molecule has 0 amide bonds. The molecule has 0 nitrogen and oxygen atoms in total. The zero-order chi connectivity index (χ0) is 12.8. The first-order valence-corrected chi connectivity index (χ1v) is 7.96. The van der Waals surface area contributed by atoms with Gasteiger partial charge in [-0.3, -0.25) is 0 Å². The van der Waals surface area contributed by atoms with Crippen molar-refractivity contribution in [2.45, 2.75) is 91.4 Å². The third-order valence-electron chi connectivity index (χ3n) is 3.49. The molecule has 0 aromatic rings. The minimum absolute atomic E-state index is 0.950. The Kier molecular flexibility index (Phi) is 13.6. The van der Waals surface area contributed by atoms with E-state index < -0.39 is 0 Å². The fourth-order valence-corrected chi connectivity index (χ4v) is 2.22. The third kappa shape index (κ3) is 13.7. The average molecular weight is 238 g/mol. The van der Waals surface area contributed by atoms with E-state index in [1.807, 2.05) is 0 Å². The summed E-state index contributed by atoms with van der Waals surface area (Å²) >= 11 is 0. The molecule has 0 bridgehead atoms. The second-order valence-electron chi connectivity index (χ2n) is 5.50. The number of hydrogen-bond acceptors (Lipinski definition) is 0. The Hall–Kier alpha value is -0.260. The molecule has 0 aliphatic rings. The lowest BCUT2D eigenvalue weighted by Gasteiger charge is -2.10. The predicted molar refractivity (Wildman–Crippen MR) is 80.4 cm³/mol.